The average molecular weight is 432 g/mol. The Bertz CT molecular complexity index is 697. The van der Waals surface area contributed by atoms with E-state index in [2.05, 4.69) is 64.4 Å². The minimum Gasteiger partial charge on any atom is -0.488 e. The zero-order valence-corrected chi connectivity index (χ0v) is 19.8. The Morgan fingerprint density at radius 2 is 2.00 bits per heavy atom. The van der Waals surface area contributed by atoms with Crippen LogP contribution in [0.15, 0.2) is 23.2 Å². The molecule has 2 N–H and O–H groups in total. The van der Waals surface area contributed by atoms with Crippen molar-refractivity contribution in [2.45, 2.75) is 39.8 Å². The van der Waals surface area contributed by atoms with E-state index in [1.165, 1.54) is 31.7 Å². The van der Waals surface area contributed by atoms with E-state index in [0.717, 1.165) is 49.9 Å². The molecule has 1 aromatic rings. The van der Waals surface area contributed by atoms with E-state index in [1.54, 1.807) is 0 Å². The summed E-state index contributed by atoms with van der Waals surface area (Å²) in [6, 6.07) is 6.39. The lowest BCUT2D eigenvalue weighted by Crippen LogP contribution is -2.48. The van der Waals surface area contributed by atoms with Gasteiger partial charge in [0.1, 0.15) is 11.9 Å². The van der Waals surface area contributed by atoms with E-state index in [4.69, 9.17) is 9.47 Å². The van der Waals surface area contributed by atoms with Crippen molar-refractivity contribution < 1.29 is 9.47 Å². The van der Waals surface area contributed by atoms with Crippen molar-refractivity contribution in [3.8, 4) is 5.75 Å². The Kier molecular flexibility index (Phi) is 9.43. The fourth-order valence-corrected chi connectivity index (χ4v) is 4.17. The van der Waals surface area contributed by atoms with Crippen LogP contribution in [0, 0.1) is 12.8 Å². The van der Waals surface area contributed by atoms with E-state index in [0.29, 0.717) is 19.1 Å². The zero-order chi connectivity index (χ0) is 22.1. The Labute approximate surface area is 188 Å². The van der Waals surface area contributed by atoms with E-state index in [9.17, 15) is 0 Å². The number of piperazine rings is 1. The molecule has 31 heavy (non-hydrogen) atoms. The van der Waals surface area contributed by atoms with Crippen LogP contribution in [0.1, 0.15) is 31.4 Å². The Morgan fingerprint density at radius 3 is 2.68 bits per heavy atom. The van der Waals surface area contributed by atoms with Gasteiger partial charge in [0, 0.05) is 64.8 Å². The van der Waals surface area contributed by atoms with Crippen molar-refractivity contribution in [2.24, 2.45) is 10.9 Å². The molecule has 0 saturated carbocycles. The Hall–Kier alpha value is -1.83. The summed E-state index contributed by atoms with van der Waals surface area (Å²) in [4.78, 5) is 9.51. The topological polar surface area (TPSA) is 61.4 Å². The highest BCUT2D eigenvalue weighted by Crippen LogP contribution is 2.23. The van der Waals surface area contributed by atoms with Gasteiger partial charge in [-0.1, -0.05) is 26.0 Å². The number of hydrogen-bond donors (Lipinski definition) is 2. The third-order valence-electron chi connectivity index (χ3n) is 6.17. The molecule has 1 aromatic carbocycles. The molecule has 2 atom stereocenters. The summed E-state index contributed by atoms with van der Waals surface area (Å²) < 4.78 is 11.7. The summed E-state index contributed by atoms with van der Waals surface area (Å²) in [6.07, 6.45) is 1.10. The van der Waals surface area contributed by atoms with Gasteiger partial charge in [0.05, 0.1) is 13.2 Å². The standard InChI is InChI=1S/C24H41N5O2/c1-5-28-9-11-29(12-10-28)17-20(3)15-26-24(25-4)27-16-21-7-6-19(2)14-23(21)31-22-8-13-30-18-22/h6-7,14,20,22H,5,8-13,15-18H2,1-4H3,(H2,25,26,27). The third kappa shape index (κ3) is 7.66. The maximum atomic E-state index is 6.22. The lowest BCUT2D eigenvalue weighted by Gasteiger charge is -2.35. The van der Waals surface area contributed by atoms with Crippen LogP contribution >= 0.6 is 0 Å². The fraction of sp³-hybridized carbons (Fsp3) is 0.708. The number of aliphatic imine (C=N–C) groups is 1. The highest BCUT2D eigenvalue weighted by molar-refractivity contribution is 5.79. The number of nitrogens with one attached hydrogen (secondary N) is 2. The number of likely N-dealkylation sites (N-methyl/N-ethyl adjacent to an activating group) is 1. The van der Waals surface area contributed by atoms with Crippen molar-refractivity contribution in [3.63, 3.8) is 0 Å². The lowest BCUT2D eigenvalue weighted by atomic mass is 10.1. The van der Waals surface area contributed by atoms with Gasteiger partial charge in [-0.15, -0.1) is 0 Å². The quantitative estimate of drug-likeness (QED) is 0.461. The molecule has 0 amide bonds. The van der Waals surface area contributed by atoms with Crippen LogP contribution in [0.5, 0.6) is 5.75 Å². The molecule has 2 heterocycles. The second-order valence-corrected chi connectivity index (χ2v) is 8.86. The first-order valence-electron chi connectivity index (χ1n) is 11.8. The predicted octanol–water partition coefficient (Wildman–Crippen LogP) is 2.10. The van der Waals surface area contributed by atoms with E-state index >= 15 is 0 Å². The second kappa shape index (κ2) is 12.3. The first kappa shape index (κ1) is 23.8. The van der Waals surface area contributed by atoms with Crippen LogP contribution in [0.2, 0.25) is 0 Å². The van der Waals surface area contributed by atoms with Gasteiger partial charge in [0.25, 0.3) is 0 Å². The molecule has 3 rings (SSSR count). The van der Waals surface area contributed by atoms with Crippen molar-refractivity contribution in [1.29, 1.82) is 0 Å². The predicted molar refractivity (Wildman–Crippen MR) is 127 cm³/mol. The summed E-state index contributed by atoms with van der Waals surface area (Å²) in [5.74, 6) is 2.34. The van der Waals surface area contributed by atoms with Gasteiger partial charge >= 0.3 is 0 Å². The molecular formula is C24H41N5O2. The lowest BCUT2D eigenvalue weighted by molar-refractivity contribution is 0.124. The molecule has 2 fully saturated rings. The Morgan fingerprint density at radius 1 is 1.23 bits per heavy atom. The van der Waals surface area contributed by atoms with Gasteiger partial charge in [-0.05, 0) is 31.0 Å². The Balaban J connectivity index is 1.44. The molecule has 0 aliphatic carbocycles. The molecule has 2 aliphatic heterocycles. The summed E-state index contributed by atoms with van der Waals surface area (Å²) in [6.45, 7) is 16.7. The summed E-state index contributed by atoms with van der Waals surface area (Å²) in [5, 5.41) is 6.94. The van der Waals surface area contributed by atoms with Gasteiger partial charge in [-0.25, -0.2) is 0 Å². The van der Waals surface area contributed by atoms with Crippen LogP contribution in [0.4, 0.5) is 0 Å². The minimum atomic E-state index is 0.151. The first-order chi connectivity index (χ1) is 15.1. The second-order valence-electron chi connectivity index (χ2n) is 8.86. The zero-order valence-electron chi connectivity index (χ0n) is 19.8. The number of guanidine groups is 1. The van der Waals surface area contributed by atoms with Gasteiger partial charge in [-0.2, -0.15) is 0 Å². The number of benzene rings is 1. The molecule has 7 heteroatoms. The SMILES string of the molecule is CCN1CCN(CC(C)CNC(=NC)NCc2ccc(C)cc2OC2CCOC2)CC1. The third-order valence-corrected chi connectivity index (χ3v) is 6.17. The van der Waals surface area contributed by atoms with E-state index < -0.39 is 0 Å². The molecule has 7 nitrogen and oxygen atoms in total. The largest absolute Gasteiger partial charge is 0.488 e. The van der Waals surface area contributed by atoms with Crippen LogP contribution in [0.3, 0.4) is 0 Å². The smallest absolute Gasteiger partial charge is 0.191 e. The van der Waals surface area contributed by atoms with Crippen LogP contribution in [0.25, 0.3) is 0 Å². The summed E-state index contributed by atoms with van der Waals surface area (Å²) in [7, 11) is 1.83. The van der Waals surface area contributed by atoms with Gasteiger partial charge < -0.3 is 29.9 Å². The van der Waals surface area contributed by atoms with Gasteiger partial charge in [0.15, 0.2) is 5.96 Å². The maximum absolute atomic E-state index is 6.22. The molecule has 2 saturated heterocycles. The number of rotatable bonds is 9. The van der Waals surface area contributed by atoms with Crippen LogP contribution in [-0.2, 0) is 11.3 Å². The molecule has 174 valence electrons. The molecule has 2 unspecified atom stereocenters. The maximum Gasteiger partial charge on any atom is 0.191 e. The fourth-order valence-electron chi connectivity index (χ4n) is 4.17. The summed E-state index contributed by atoms with van der Waals surface area (Å²) >= 11 is 0. The van der Waals surface area contributed by atoms with Crippen molar-refractivity contribution in [3.05, 3.63) is 29.3 Å². The molecule has 0 bridgehead atoms. The van der Waals surface area contributed by atoms with E-state index in [1.807, 2.05) is 7.05 Å². The normalized spacial score (nSPS) is 21.8. The molecular weight excluding hydrogens is 390 g/mol. The van der Waals surface area contributed by atoms with Crippen LogP contribution < -0.4 is 15.4 Å². The number of aryl methyl sites for hydroxylation is 1. The average Bonchev–Trinajstić information content (AvgIpc) is 3.28. The minimum absolute atomic E-state index is 0.151. The molecule has 0 spiro atoms. The number of nitrogens with zero attached hydrogens (tertiary/aromatic N) is 3. The van der Waals surface area contributed by atoms with Crippen LogP contribution in [-0.4, -0.2) is 87.9 Å². The summed E-state index contributed by atoms with van der Waals surface area (Å²) in [5.41, 5.74) is 2.34. The van der Waals surface area contributed by atoms with Crippen molar-refractivity contribution in [2.75, 3.05) is 66.1 Å². The van der Waals surface area contributed by atoms with E-state index in [-0.39, 0.29) is 6.10 Å². The highest BCUT2D eigenvalue weighted by atomic mass is 16.5. The monoisotopic (exact) mass is 431 g/mol. The molecule has 0 aromatic heterocycles. The number of hydrogen-bond acceptors (Lipinski definition) is 5. The first-order valence-corrected chi connectivity index (χ1v) is 11.8. The molecule has 2 aliphatic rings. The van der Waals surface area contributed by atoms with Crippen molar-refractivity contribution >= 4 is 5.96 Å². The highest BCUT2D eigenvalue weighted by Gasteiger charge is 2.19. The van der Waals surface area contributed by atoms with Crippen molar-refractivity contribution in [1.82, 2.24) is 20.4 Å². The van der Waals surface area contributed by atoms with Gasteiger partial charge in [0.2, 0.25) is 0 Å². The number of ether oxygens (including phenoxy) is 2. The van der Waals surface area contributed by atoms with Gasteiger partial charge in [-0.3, -0.25) is 4.99 Å². The molecule has 0 radical (unpaired) electrons.